The molecule has 28 heavy (non-hydrogen) atoms. The Morgan fingerprint density at radius 2 is 1.29 bits per heavy atom. The zero-order chi connectivity index (χ0) is 19.9. The summed E-state index contributed by atoms with van der Waals surface area (Å²) in [6, 6.07) is 19.5. The summed E-state index contributed by atoms with van der Waals surface area (Å²) >= 11 is 0. The maximum Gasteiger partial charge on any atom is 0.338 e. The summed E-state index contributed by atoms with van der Waals surface area (Å²) in [4.78, 5) is 23.8. The van der Waals surface area contributed by atoms with Crippen molar-refractivity contribution in [2.45, 2.75) is 6.92 Å². The van der Waals surface area contributed by atoms with E-state index < -0.39 is 0 Å². The Morgan fingerprint density at radius 3 is 1.86 bits per heavy atom. The molecule has 0 fully saturated rings. The van der Waals surface area contributed by atoms with Crippen molar-refractivity contribution >= 4 is 28.9 Å². The topological polar surface area (TPSA) is 67.4 Å². The van der Waals surface area contributed by atoms with Crippen molar-refractivity contribution < 1.29 is 18.7 Å². The van der Waals surface area contributed by atoms with Gasteiger partial charge in [0.1, 0.15) is 5.82 Å². The first-order valence-corrected chi connectivity index (χ1v) is 8.76. The lowest BCUT2D eigenvalue weighted by molar-refractivity contribution is 0.0526. The third-order valence-electron chi connectivity index (χ3n) is 3.93. The summed E-state index contributed by atoms with van der Waals surface area (Å²) < 4.78 is 17.9. The summed E-state index contributed by atoms with van der Waals surface area (Å²) in [5, 5.41) is 5.97. The quantitative estimate of drug-likeness (QED) is 0.593. The number of hydrogen-bond donors (Lipinski definition) is 2. The van der Waals surface area contributed by atoms with Crippen molar-refractivity contribution in [2.75, 3.05) is 17.2 Å². The number of nitrogens with one attached hydrogen (secondary N) is 2. The third-order valence-corrected chi connectivity index (χ3v) is 3.93. The number of halogens is 1. The van der Waals surface area contributed by atoms with Crippen molar-refractivity contribution in [1.29, 1.82) is 0 Å². The van der Waals surface area contributed by atoms with Gasteiger partial charge in [0.25, 0.3) is 5.91 Å². The molecule has 0 bridgehead atoms. The summed E-state index contributed by atoms with van der Waals surface area (Å²) in [5.74, 6) is -1.05. The van der Waals surface area contributed by atoms with Crippen LogP contribution in [0.3, 0.4) is 0 Å². The number of esters is 1. The molecule has 0 aliphatic rings. The lowest BCUT2D eigenvalue weighted by atomic mass is 10.2. The summed E-state index contributed by atoms with van der Waals surface area (Å²) in [6.45, 7) is 2.10. The minimum Gasteiger partial charge on any atom is -0.462 e. The van der Waals surface area contributed by atoms with E-state index in [1.54, 1.807) is 43.3 Å². The van der Waals surface area contributed by atoms with Crippen LogP contribution < -0.4 is 10.6 Å². The number of amides is 1. The largest absolute Gasteiger partial charge is 0.462 e. The van der Waals surface area contributed by atoms with Gasteiger partial charge in [0.05, 0.1) is 12.2 Å². The number of hydrogen-bond acceptors (Lipinski definition) is 4. The first-order valence-electron chi connectivity index (χ1n) is 8.76. The number of ether oxygens (including phenoxy) is 1. The predicted octanol–water partition coefficient (Wildman–Crippen LogP) is 5.00. The first kappa shape index (κ1) is 19.1. The van der Waals surface area contributed by atoms with Crippen LogP contribution in [0.15, 0.2) is 72.8 Å². The van der Waals surface area contributed by atoms with E-state index in [0.717, 1.165) is 11.4 Å². The molecule has 0 saturated carbocycles. The highest BCUT2D eigenvalue weighted by Crippen LogP contribution is 2.20. The van der Waals surface area contributed by atoms with E-state index in [9.17, 15) is 14.0 Å². The molecule has 5 nitrogen and oxygen atoms in total. The van der Waals surface area contributed by atoms with Crippen molar-refractivity contribution in [3.63, 3.8) is 0 Å². The standard InChI is InChI=1S/C22H19FN2O3/c1-2-28-22(27)16-5-9-18(10-6-16)24-19-11-13-20(14-12-19)25-21(26)15-3-7-17(23)8-4-15/h3-14,24H,2H2,1H3,(H,25,26). The van der Waals surface area contributed by atoms with E-state index in [1.807, 2.05) is 12.1 Å². The molecular formula is C22H19FN2O3. The Labute approximate surface area is 162 Å². The van der Waals surface area contributed by atoms with Crippen LogP contribution in [-0.4, -0.2) is 18.5 Å². The normalized spacial score (nSPS) is 10.2. The van der Waals surface area contributed by atoms with Gasteiger partial charge in [0.15, 0.2) is 0 Å². The number of carbonyl (C=O) groups is 2. The van der Waals surface area contributed by atoms with E-state index in [2.05, 4.69) is 10.6 Å². The van der Waals surface area contributed by atoms with Crippen LogP contribution in [0.2, 0.25) is 0 Å². The Morgan fingerprint density at radius 1 is 0.786 bits per heavy atom. The summed E-state index contributed by atoms with van der Waals surface area (Å²) in [6.07, 6.45) is 0. The molecule has 0 heterocycles. The lowest BCUT2D eigenvalue weighted by Crippen LogP contribution is -2.11. The fourth-order valence-corrected chi connectivity index (χ4v) is 2.51. The Bertz CT molecular complexity index is 953. The Kier molecular flexibility index (Phi) is 6.01. The number of benzene rings is 3. The molecular weight excluding hydrogens is 359 g/mol. The van der Waals surface area contributed by atoms with Gasteiger partial charge >= 0.3 is 5.97 Å². The highest BCUT2D eigenvalue weighted by Gasteiger charge is 2.07. The SMILES string of the molecule is CCOC(=O)c1ccc(Nc2ccc(NC(=O)c3ccc(F)cc3)cc2)cc1. The highest BCUT2D eigenvalue weighted by molar-refractivity contribution is 6.04. The Balaban J connectivity index is 1.60. The second-order valence-corrected chi connectivity index (χ2v) is 5.96. The van der Waals surface area contributed by atoms with Crippen LogP contribution in [0.4, 0.5) is 21.5 Å². The Hall–Kier alpha value is -3.67. The van der Waals surface area contributed by atoms with Gasteiger partial charge in [-0.05, 0) is 79.7 Å². The molecule has 0 aliphatic heterocycles. The van der Waals surface area contributed by atoms with Crippen LogP contribution in [0.25, 0.3) is 0 Å². The number of rotatable bonds is 6. The molecule has 142 valence electrons. The molecule has 0 radical (unpaired) electrons. The molecule has 6 heteroatoms. The van der Waals surface area contributed by atoms with Crippen LogP contribution in [-0.2, 0) is 4.74 Å². The molecule has 1 amide bonds. The maximum atomic E-state index is 12.9. The van der Waals surface area contributed by atoms with Gasteiger partial charge in [-0.2, -0.15) is 0 Å². The highest BCUT2D eigenvalue weighted by atomic mass is 19.1. The average molecular weight is 378 g/mol. The molecule has 0 spiro atoms. The molecule has 0 aromatic heterocycles. The van der Waals surface area contributed by atoms with Crippen LogP contribution in [0.1, 0.15) is 27.6 Å². The van der Waals surface area contributed by atoms with Gasteiger partial charge in [-0.15, -0.1) is 0 Å². The van der Waals surface area contributed by atoms with E-state index in [4.69, 9.17) is 4.74 Å². The second kappa shape index (κ2) is 8.81. The maximum absolute atomic E-state index is 12.9. The molecule has 0 saturated heterocycles. The van der Waals surface area contributed by atoms with E-state index in [-0.39, 0.29) is 17.7 Å². The van der Waals surface area contributed by atoms with Gasteiger partial charge in [0, 0.05) is 22.6 Å². The van der Waals surface area contributed by atoms with Crippen molar-refractivity contribution in [3.05, 3.63) is 89.7 Å². The zero-order valence-corrected chi connectivity index (χ0v) is 15.2. The zero-order valence-electron chi connectivity index (χ0n) is 15.2. The van der Waals surface area contributed by atoms with Gasteiger partial charge in [-0.1, -0.05) is 0 Å². The fourth-order valence-electron chi connectivity index (χ4n) is 2.51. The number of carbonyl (C=O) groups excluding carboxylic acids is 2. The van der Waals surface area contributed by atoms with Gasteiger partial charge in [0.2, 0.25) is 0 Å². The molecule has 3 aromatic rings. The van der Waals surface area contributed by atoms with Crippen LogP contribution >= 0.6 is 0 Å². The molecule has 0 unspecified atom stereocenters. The van der Waals surface area contributed by atoms with Gasteiger partial charge < -0.3 is 15.4 Å². The minimum absolute atomic E-state index is 0.310. The average Bonchev–Trinajstić information content (AvgIpc) is 2.70. The number of anilines is 3. The predicted molar refractivity (Wildman–Crippen MR) is 106 cm³/mol. The molecule has 3 rings (SSSR count). The van der Waals surface area contributed by atoms with E-state index >= 15 is 0 Å². The minimum atomic E-state index is -0.387. The van der Waals surface area contributed by atoms with Crippen molar-refractivity contribution in [1.82, 2.24) is 0 Å². The van der Waals surface area contributed by atoms with Crippen molar-refractivity contribution in [2.24, 2.45) is 0 Å². The molecule has 2 N–H and O–H groups in total. The monoisotopic (exact) mass is 378 g/mol. The summed E-state index contributed by atoms with van der Waals surface area (Å²) in [7, 11) is 0. The van der Waals surface area contributed by atoms with Crippen molar-refractivity contribution in [3.8, 4) is 0 Å². The van der Waals surface area contributed by atoms with Crippen LogP contribution in [0, 0.1) is 5.82 Å². The third kappa shape index (κ3) is 4.94. The molecule has 0 aliphatic carbocycles. The summed E-state index contributed by atoms with van der Waals surface area (Å²) in [5.41, 5.74) is 3.13. The smallest absolute Gasteiger partial charge is 0.338 e. The lowest BCUT2D eigenvalue weighted by Gasteiger charge is -2.09. The van der Waals surface area contributed by atoms with Crippen LogP contribution in [0.5, 0.6) is 0 Å². The molecule has 3 aromatic carbocycles. The van der Waals surface area contributed by atoms with E-state index in [1.165, 1.54) is 24.3 Å². The van der Waals surface area contributed by atoms with E-state index in [0.29, 0.717) is 23.4 Å². The van der Waals surface area contributed by atoms with Gasteiger partial charge in [-0.25, -0.2) is 9.18 Å². The van der Waals surface area contributed by atoms with Gasteiger partial charge in [-0.3, -0.25) is 4.79 Å². The molecule has 0 atom stereocenters. The first-order chi connectivity index (χ1) is 13.5. The second-order valence-electron chi connectivity index (χ2n) is 5.96. The fraction of sp³-hybridized carbons (Fsp3) is 0.0909.